The molecule has 8 nitrogen and oxygen atoms in total. The van der Waals surface area contributed by atoms with E-state index >= 15 is 0 Å². The van der Waals surface area contributed by atoms with Gasteiger partial charge in [0, 0.05) is 26.3 Å². The minimum Gasteiger partial charge on any atom is -0.354 e. The molecule has 1 aliphatic rings. The van der Waals surface area contributed by atoms with Gasteiger partial charge in [0.2, 0.25) is 5.91 Å². The highest BCUT2D eigenvalue weighted by Gasteiger charge is 2.44. The van der Waals surface area contributed by atoms with Crippen molar-refractivity contribution >= 4 is 28.5 Å². The zero-order chi connectivity index (χ0) is 19.8. The second kappa shape index (κ2) is 6.99. The molecule has 3 heterocycles. The summed E-state index contributed by atoms with van der Waals surface area (Å²) in [6.07, 6.45) is 4.13. The number of carbonyl (C=O) groups is 2. The van der Waals surface area contributed by atoms with Crippen LogP contribution in [-0.2, 0) is 9.59 Å². The summed E-state index contributed by atoms with van der Waals surface area (Å²) in [5.41, 5.74) is -0.871. The third kappa shape index (κ3) is 3.14. The molecule has 1 aliphatic heterocycles. The van der Waals surface area contributed by atoms with Crippen LogP contribution in [0.5, 0.6) is 0 Å². The van der Waals surface area contributed by atoms with Gasteiger partial charge < -0.3 is 14.8 Å². The maximum absolute atomic E-state index is 12.9. The summed E-state index contributed by atoms with van der Waals surface area (Å²) in [6, 6.07) is 3.85. The number of fused-ring (bicyclic) bond motifs is 1. The number of amides is 1. The standard InChI is InChI=1S/C19H24N6O2/c1-12-6-8-25(18(27)19(3,10-20)13(2)26)9-15(12)24(4)17-14-5-7-21-16(14)22-11-23-17/h5,7,11-12,15H,6,8-9H2,1-4H3,(H,21,22,23)/t12-,15+,19?/m1/s1. The fourth-order valence-corrected chi connectivity index (χ4v) is 3.63. The number of hydrogen-bond donors (Lipinski definition) is 1. The fraction of sp³-hybridized carbons (Fsp3) is 0.526. The Kier molecular flexibility index (Phi) is 4.87. The molecule has 1 fully saturated rings. The monoisotopic (exact) mass is 368 g/mol. The normalized spacial score (nSPS) is 22.1. The minimum absolute atomic E-state index is 0.0191. The Bertz CT molecular complexity index is 916. The van der Waals surface area contributed by atoms with E-state index in [0.29, 0.717) is 19.0 Å². The Morgan fingerprint density at radius 3 is 2.85 bits per heavy atom. The van der Waals surface area contributed by atoms with Crippen molar-refractivity contribution < 1.29 is 9.59 Å². The molecule has 0 bridgehead atoms. The molecule has 2 aromatic heterocycles. The number of ketones is 1. The van der Waals surface area contributed by atoms with Gasteiger partial charge in [0.05, 0.1) is 17.5 Å². The van der Waals surface area contributed by atoms with Gasteiger partial charge in [-0.15, -0.1) is 0 Å². The zero-order valence-corrected chi connectivity index (χ0v) is 16.1. The van der Waals surface area contributed by atoms with Crippen LogP contribution in [0.25, 0.3) is 11.0 Å². The van der Waals surface area contributed by atoms with Gasteiger partial charge in [0.25, 0.3) is 0 Å². The summed E-state index contributed by atoms with van der Waals surface area (Å²) >= 11 is 0. The van der Waals surface area contributed by atoms with E-state index < -0.39 is 17.1 Å². The fourth-order valence-electron chi connectivity index (χ4n) is 3.63. The molecule has 8 heteroatoms. The van der Waals surface area contributed by atoms with Crippen molar-refractivity contribution in [3.8, 4) is 6.07 Å². The van der Waals surface area contributed by atoms with Gasteiger partial charge in [0.15, 0.2) is 11.2 Å². The van der Waals surface area contributed by atoms with Crippen LogP contribution in [0.4, 0.5) is 5.82 Å². The number of nitrogens with zero attached hydrogens (tertiary/aromatic N) is 5. The topological polar surface area (TPSA) is 106 Å². The molecule has 0 saturated carbocycles. The first kappa shape index (κ1) is 18.8. The molecule has 2 aromatic rings. The predicted octanol–water partition coefficient (Wildman–Crippen LogP) is 1.75. The Morgan fingerprint density at radius 1 is 1.44 bits per heavy atom. The van der Waals surface area contributed by atoms with Gasteiger partial charge >= 0.3 is 0 Å². The van der Waals surface area contributed by atoms with E-state index in [9.17, 15) is 14.9 Å². The number of nitrogens with one attached hydrogen (secondary N) is 1. The predicted molar refractivity (Wildman–Crippen MR) is 101 cm³/mol. The summed E-state index contributed by atoms with van der Waals surface area (Å²) in [4.78, 5) is 40.3. The van der Waals surface area contributed by atoms with E-state index in [1.165, 1.54) is 20.2 Å². The lowest BCUT2D eigenvalue weighted by Crippen LogP contribution is -2.56. The van der Waals surface area contributed by atoms with Crippen LogP contribution >= 0.6 is 0 Å². The molecule has 0 aromatic carbocycles. The Hall–Kier alpha value is -2.95. The van der Waals surface area contributed by atoms with Crippen molar-refractivity contribution in [3.05, 3.63) is 18.6 Å². The van der Waals surface area contributed by atoms with E-state index in [4.69, 9.17) is 0 Å². The lowest BCUT2D eigenvalue weighted by Gasteiger charge is -2.43. The number of rotatable bonds is 4. The number of likely N-dealkylation sites (tertiary alicyclic amines) is 1. The number of hydrogen-bond acceptors (Lipinski definition) is 6. The molecule has 142 valence electrons. The summed E-state index contributed by atoms with van der Waals surface area (Å²) in [5, 5.41) is 10.3. The van der Waals surface area contributed by atoms with Crippen molar-refractivity contribution in [2.75, 3.05) is 25.0 Å². The van der Waals surface area contributed by atoms with Gasteiger partial charge in [-0.1, -0.05) is 6.92 Å². The molecule has 0 spiro atoms. The van der Waals surface area contributed by atoms with Crippen LogP contribution in [0.3, 0.4) is 0 Å². The number of anilines is 1. The average Bonchev–Trinajstić information content (AvgIpc) is 3.15. The molecule has 1 N–H and O–H groups in total. The second-order valence-electron chi connectivity index (χ2n) is 7.43. The number of carbonyl (C=O) groups excluding carboxylic acids is 2. The lowest BCUT2D eigenvalue weighted by molar-refractivity contribution is -0.145. The van der Waals surface area contributed by atoms with Crippen molar-refractivity contribution in [1.29, 1.82) is 5.26 Å². The van der Waals surface area contributed by atoms with Crippen LogP contribution < -0.4 is 4.90 Å². The Morgan fingerprint density at radius 2 is 2.19 bits per heavy atom. The van der Waals surface area contributed by atoms with Crippen LogP contribution in [0.2, 0.25) is 0 Å². The summed E-state index contributed by atoms with van der Waals surface area (Å²) < 4.78 is 0. The SMILES string of the molecule is CC(=O)C(C)(C#N)C(=O)N1CC[C@@H](C)[C@@H](N(C)c2ncnc3[nH]ccc23)C1. The second-order valence-corrected chi connectivity index (χ2v) is 7.43. The van der Waals surface area contributed by atoms with Crippen molar-refractivity contribution in [3.63, 3.8) is 0 Å². The molecule has 1 amide bonds. The molecule has 27 heavy (non-hydrogen) atoms. The number of piperidine rings is 1. The van der Waals surface area contributed by atoms with Crippen LogP contribution in [0.15, 0.2) is 18.6 Å². The first-order chi connectivity index (χ1) is 12.8. The van der Waals surface area contributed by atoms with E-state index in [1.807, 2.05) is 25.4 Å². The highest BCUT2D eigenvalue weighted by Crippen LogP contribution is 2.30. The first-order valence-electron chi connectivity index (χ1n) is 9.02. The number of aromatic amines is 1. The van der Waals surface area contributed by atoms with E-state index in [2.05, 4.69) is 26.8 Å². The largest absolute Gasteiger partial charge is 0.354 e. The number of aromatic nitrogens is 3. The summed E-state index contributed by atoms with van der Waals surface area (Å²) in [6.45, 7) is 5.82. The van der Waals surface area contributed by atoms with Gasteiger partial charge in [-0.3, -0.25) is 9.59 Å². The Balaban J connectivity index is 1.88. The average molecular weight is 368 g/mol. The quantitative estimate of drug-likeness (QED) is 0.824. The highest BCUT2D eigenvalue weighted by molar-refractivity contribution is 6.07. The number of nitriles is 1. The van der Waals surface area contributed by atoms with Gasteiger partial charge in [-0.2, -0.15) is 5.26 Å². The van der Waals surface area contributed by atoms with Crippen LogP contribution in [-0.4, -0.2) is 57.7 Å². The zero-order valence-electron chi connectivity index (χ0n) is 16.1. The van der Waals surface area contributed by atoms with E-state index in [-0.39, 0.29) is 6.04 Å². The Labute approximate surface area is 158 Å². The van der Waals surface area contributed by atoms with Gasteiger partial charge in [-0.25, -0.2) is 9.97 Å². The van der Waals surface area contributed by atoms with Crippen molar-refractivity contribution in [1.82, 2.24) is 19.9 Å². The molecule has 3 rings (SSSR count). The highest BCUT2D eigenvalue weighted by atomic mass is 16.2. The van der Waals surface area contributed by atoms with Crippen molar-refractivity contribution in [2.24, 2.45) is 11.3 Å². The van der Waals surface area contributed by atoms with Crippen LogP contribution in [0, 0.1) is 22.7 Å². The molecule has 1 saturated heterocycles. The van der Waals surface area contributed by atoms with Gasteiger partial charge in [-0.05, 0) is 32.3 Å². The maximum Gasteiger partial charge on any atom is 0.250 e. The molecule has 0 aliphatic carbocycles. The van der Waals surface area contributed by atoms with E-state index in [0.717, 1.165) is 23.3 Å². The van der Waals surface area contributed by atoms with Crippen molar-refractivity contribution in [2.45, 2.75) is 33.2 Å². The third-order valence-electron chi connectivity index (χ3n) is 5.73. The molecular formula is C19H24N6O2. The molecule has 1 unspecified atom stereocenters. The van der Waals surface area contributed by atoms with Gasteiger partial charge in [0.1, 0.15) is 17.8 Å². The molecular weight excluding hydrogens is 344 g/mol. The van der Waals surface area contributed by atoms with E-state index in [1.54, 1.807) is 4.90 Å². The number of Topliss-reactive ketones (excluding diaryl/α,β-unsaturated/α-hetero) is 1. The van der Waals surface area contributed by atoms with Crippen LogP contribution in [0.1, 0.15) is 27.2 Å². The maximum atomic E-state index is 12.9. The molecule has 3 atom stereocenters. The lowest BCUT2D eigenvalue weighted by atomic mass is 9.84. The minimum atomic E-state index is -1.63. The smallest absolute Gasteiger partial charge is 0.250 e. The molecule has 0 radical (unpaired) electrons. The number of H-pyrrole nitrogens is 1. The summed E-state index contributed by atoms with van der Waals surface area (Å²) in [7, 11) is 1.96. The number of likely N-dealkylation sites (N-methyl/N-ethyl adjacent to an activating group) is 1. The third-order valence-corrected chi connectivity index (χ3v) is 5.73. The first-order valence-corrected chi connectivity index (χ1v) is 9.02. The summed E-state index contributed by atoms with van der Waals surface area (Å²) in [5.74, 6) is 0.274.